The molecule has 0 heterocycles. The van der Waals surface area contributed by atoms with E-state index in [0.717, 1.165) is 44.9 Å². The Balaban J connectivity index is 1.29. The molecule has 0 N–H and O–H groups in total. The zero-order valence-corrected chi connectivity index (χ0v) is 21.2. The largest absolute Gasteiger partial charge is 0.490 e. The fraction of sp³-hybridized carbons (Fsp3) is 0.500. The van der Waals surface area contributed by atoms with Crippen molar-refractivity contribution >= 4 is 0 Å². The van der Waals surface area contributed by atoms with Crippen LogP contribution in [0.25, 0.3) is 0 Å². The van der Waals surface area contributed by atoms with Gasteiger partial charge in [0.25, 0.3) is 0 Å². The highest BCUT2D eigenvalue weighted by atomic mass is 19.2. The van der Waals surface area contributed by atoms with Gasteiger partial charge in [-0.3, -0.25) is 0 Å². The second kappa shape index (κ2) is 12.5. The molecule has 2 aromatic carbocycles. The predicted molar refractivity (Wildman–Crippen MR) is 141 cm³/mol. The maximum absolute atomic E-state index is 14.9. The third-order valence-corrected chi connectivity index (χ3v) is 8.02. The van der Waals surface area contributed by atoms with E-state index in [0.29, 0.717) is 24.0 Å². The summed E-state index contributed by atoms with van der Waals surface area (Å²) in [5, 5.41) is 0. The van der Waals surface area contributed by atoms with Crippen LogP contribution in [0.1, 0.15) is 93.2 Å². The van der Waals surface area contributed by atoms with E-state index < -0.39 is 11.6 Å². The van der Waals surface area contributed by atoms with Crippen LogP contribution in [-0.2, 0) is 6.42 Å². The van der Waals surface area contributed by atoms with Gasteiger partial charge in [-0.25, -0.2) is 4.39 Å². The van der Waals surface area contributed by atoms with Gasteiger partial charge in [-0.05, 0) is 86.0 Å². The SMILES string of the molecule is C=CC1CCC(c2ccc(OCC3C=CC(c4ccc(CCCCC)cc4)CC3)c(F)c2F)CC1. The normalized spacial score (nSPS) is 24.3. The molecule has 0 bridgehead atoms. The highest BCUT2D eigenvalue weighted by Gasteiger charge is 2.26. The Kier molecular flexibility index (Phi) is 9.18. The minimum absolute atomic E-state index is 0.0280. The Labute approximate surface area is 210 Å². The van der Waals surface area contributed by atoms with Gasteiger partial charge in [0.1, 0.15) is 0 Å². The fourth-order valence-corrected chi connectivity index (χ4v) is 5.64. The molecule has 188 valence electrons. The number of hydrogen-bond donors (Lipinski definition) is 0. The first-order chi connectivity index (χ1) is 17.1. The predicted octanol–water partition coefficient (Wildman–Crippen LogP) is 9.29. The summed E-state index contributed by atoms with van der Waals surface area (Å²) in [7, 11) is 0. The van der Waals surface area contributed by atoms with E-state index in [1.165, 1.54) is 30.4 Å². The van der Waals surface area contributed by atoms with Crippen LogP contribution in [0, 0.1) is 23.5 Å². The Hall–Kier alpha value is -2.42. The van der Waals surface area contributed by atoms with E-state index in [2.05, 4.69) is 49.9 Å². The molecule has 1 saturated carbocycles. The number of unbranched alkanes of at least 4 members (excludes halogenated alkanes) is 2. The highest BCUT2D eigenvalue weighted by molar-refractivity contribution is 5.34. The lowest BCUT2D eigenvalue weighted by Crippen LogP contribution is -2.16. The lowest BCUT2D eigenvalue weighted by atomic mass is 9.78. The number of ether oxygens (including phenoxy) is 1. The van der Waals surface area contributed by atoms with Gasteiger partial charge < -0.3 is 4.74 Å². The molecule has 2 aromatic rings. The van der Waals surface area contributed by atoms with Crippen molar-refractivity contribution in [3.8, 4) is 5.75 Å². The molecule has 1 nitrogen and oxygen atoms in total. The third-order valence-electron chi connectivity index (χ3n) is 8.02. The van der Waals surface area contributed by atoms with Crippen LogP contribution < -0.4 is 4.74 Å². The summed E-state index contributed by atoms with van der Waals surface area (Å²) in [5.41, 5.74) is 3.26. The number of hydrogen-bond acceptors (Lipinski definition) is 1. The molecule has 2 aliphatic carbocycles. The smallest absolute Gasteiger partial charge is 0.200 e. The Morgan fingerprint density at radius 3 is 2.31 bits per heavy atom. The average molecular weight is 479 g/mol. The second-order valence-electron chi connectivity index (χ2n) is 10.5. The summed E-state index contributed by atoms with van der Waals surface area (Å²) in [6, 6.07) is 12.4. The first-order valence-corrected chi connectivity index (χ1v) is 13.6. The summed E-state index contributed by atoms with van der Waals surface area (Å²) in [4.78, 5) is 0. The first-order valence-electron chi connectivity index (χ1n) is 13.6. The molecule has 4 rings (SSSR count). The van der Waals surface area contributed by atoms with Gasteiger partial charge in [0.15, 0.2) is 11.6 Å². The molecular weight excluding hydrogens is 438 g/mol. The molecule has 0 radical (unpaired) electrons. The van der Waals surface area contributed by atoms with Crippen LogP contribution in [0.3, 0.4) is 0 Å². The number of rotatable bonds is 10. The number of halogens is 2. The Morgan fingerprint density at radius 2 is 1.66 bits per heavy atom. The summed E-state index contributed by atoms with van der Waals surface area (Å²) in [6.07, 6.45) is 17.1. The van der Waals surface area contributed by atoms with Gasteiger partial charge in [-0.15, -0.1) is 6.58 Å². The van der Waals surface area contributed by atoms with Gasteiger partial charge in [0.05, 0.1) is 6.61 Å². The minimum atomic E-state index is -0.843. The minimum Gasteiger partial charge on any atom is -0.490 e. The summed E-state index contributed by atoms with van der Waals surface area (Å²) >= 11 is 0. The van der Waals surface area contributed by atoms with Crippen molar-refractivity contribution in [1.82, 2.24) is 0 Å². The average Bonchev–Trinajstić information content (AvgIpc) is 2.90. The third kappa shape index (κ3) is 6.63. The zero-order chi connectivity index (χ0) is 24.6. The van der Waals surface area contributed by atoms with Gasteiger partial charge in [0, 0.05) is 11.8 Å². The van der Waals surface area contributed by atoms with Gasteiger partial charge in [-0.2, -0.15) is 4.39 Å². The number of allylic oxidation sites excluding steroid dienone is 2. The summed E-state index contributed by atoms with van der Waals surface area (Å²) in [6.45, 7) is 6.47. The van der Waals surface area contributed by atoms with Crippen molar-refractivity contribution in [3.63, 3.8) is 0 Å². The van der Waals surface area contributed by atoms with E-state index in [4.69, 9.17) is 4.74 Å². The Morgan fingerprint density at radius 1 is 0.886 bits per heavy atom. The van der Waals surface area contributed by atoms with Gasteiger partial charge in [-0.1, -0.05) is 68.3 Å². The van der Waals surface area contributed by atoms with Crippen molar-refractivity contribution in [2.45, 2.75) is 83.0 Å². The molecule has 3 heteroatoms. The quantitative estimate of drug-likeness (QED) is 0.244. The molecule has 0 spiro atoms. The second-order valence-corrected chi connectivity index (χ2v) is 10.5. The van der Waals surface area contributed by atoms with E-state index in [-0.39, 0.29) is 17.6 Å². The van der Waals surface area contributed by atoms with Crippen molar-refractivity contribution in [2.24, 2.45) is 11.8 Å². The molecule has 1 fully saturated rings. The van der Waals surface area contributed by atoms with Crippen molar-refractivity contribution in [1.29, 1.82) is 0 Å². The van der Waals surface area contributed by atoms with Crippen LogP contribution >= 0.6 is 0 Å². The zero-order valence-electron chi connectivity index (χ0n) is 21.2. The molecule has 0 saturated heterocycles. The summed E-state index contributed by atoms with van der Waals surface area (Å²) < 4.78 is 35.4. The number of benzene rings is 2. The molecule has 2 atom stereocenters. The van der Waals surface area contributed by atoms with Crippen LogP contribution in [0.15, 0.2) is 61.2 Å². The van der Waals surface area contributed by atoms with E-state index in [9.17, 15) is 8.78 Å². The Bertz CT molecular complexity index is 985. The monoisotopic (exact) mass is 478 g/mol. The van der Waals surface area contributed by atoms with Crippen LogP contribution in [0.5, 0.6) is 5.75 Å². The molecule has 0 aromatic heterocycles. The van der Waals surface area contributed by atoms with Crippen LogP contribution in [0.4, 0.5) is 8.78 Å². The van der Waals surface area contributed by atoms with Gasteiger partial charge >= 0.3 is 0 Å². The lowest BCUT2D eigenvalue weighted by molar-refractivity contribution is 0.246. The molecular formula is C32H40F2O. The van der Waals surface area contributed by atoms with E-state index in [1.54, 1.807) is 12.1 Å². The first kappa shape index (κ1) is 25.7. The van der Waals surface area contributed by atoms with Crippen molar-refractivity contribution in [2.75, 3.05) is 6.61 Å². The topological polar surface area (TPSA) is 9.23 Å². The standard InChI is InChI=1S/C32H40F2O/c1-3-5-6-7-24-10-14-26(15-11-24)27-16-12-25(13-17-27)22-35-30-21-20-29(31(33)32(30)34)28-18-8-23(4-2)9-19-28/h4,10-12,14-16,20-21,23,25,27-28H,2-3,5-9,13,17-19,22H2,1H3. The van der Waals surface area contributed by atoms with Crippen LogP contribution in [0.2, 0.25) is 0 Å². The van der Waals surface area contributed by atoms with E-state index >= 15 is 0 Å². The molecule has 35 heavy (non-hydrogen) atoms. The maximum atomic E-state index is 14.9. The maximum Gasteiger partial charge on any atom is 0.200 e. The molecule has 2 aliphatic rings. The van der Waals surface area contributed by atoms with Crippen molar-refractivity contribution < 1.29 is 13.5 Å². The lowest BCUT2D eigenvalue weighted by Gasteiger charge is -2.27. The number of aryl methyl sites for hydroxylation is 1. The van der Waals surface area contributed by atoms with Gasteiger partial charge in [0.2, 0.25) is 5.82 Å². The van der Waals surface area contributed by atoms with Crippen LogP contribution in [-0.4, -0.2) is 6.61 Å². The van der Waals surface area contributed by atoms with E-state index in [1.807, 2.05) is 6.08 Å². The van der Waals surface area contributed by atoms with Crippen molar-refractivity contribution in [3.05, 3.63) is 89.5 Å². The molecule has 0 amide bonds. The highest BCUT2D eigenvalue weighted by Crippen LogP contribution is 2.39. The summed E-state index contributed by atoms with van der Waals surface area (Å²) in [5.74, 6) is -0.332. The molecule has 0 aliphatic heterocycles. The molecule has 2 unspecified atom stereocenters. The fourth-order valence-electron chi connectivity index (χ4n) is 5.64.